The van der Waals surface area contributed by atoms with Crippen LogP contribution in [0.15, 0.2) is 34.9 Å². The highest BCUT2D eigenvalue weighted by atomic mass is 35.5. The Morgan fingerprint density at radius 2 is 2.00 bits per heavy atom. The van der Waals surface area contributed by atoms with E-state index in [4.69, 9.17) is 21.8 Å². The second-order valence-corrected chi connectivity index (χ2v) is 3.79. The molecule has 3 nitrogen and oxygen atoms in total. The Balaban J connectivity index is 2.33. The van der Waals surface area contributed by atoms with Crippen LogP contribution in [0.5, 0.6) is 0 Å². The Bertz CT molecular complexity index is 448. The monoisotopic (exact) mass is 222 g/mol. The number of rotatable bonds is 2. The van der Waals surface area contributed by atoms with Gasteiger partial charge in [-0.3, -0.25) is 0 Å². The predicted octanol–water partition coefficient (Wildman–Crippen LogP) is 3.01. The van der Waals surface area contributed by atoms with Gasteiger partial charge in [0.15, 0.2) is 5.76 Å². The highest BCUT2D eigenvalue weighted by Crippen LogP contribution is 2.23. The molecule has 1 heterocycles. The summed E-state index contributed by atoms with van der Waals surface area (Å²) < 4.78 is 5.49. The number of oxazole rings is 1. The maximum absolute atomic E-state index is 5.79. The first-order valence-corrected chi connectivity index (χ1v) is 5.02. The summed E-state index contributed by atoms with van der Waals surface area (Å²) >= 11 is 5.79. The van der Waals surface area contributed by atoms with Gasteiger partial charge in [-0.15, -0.1) is 0 Å². The zero-order chi connectivity index (χ0) is 10.8. The number of aromatic nitrogens is 1. The lowest BCUT2D eigenvalue weighted by atomic mass is 10.2. The van der Waals surface area contributed by atoms with E-state index < -0.39 is 0 Å². The molecule has 0 bridgehead atoms. The first-order chi connectivity index (χ1) is 7.16. The molecule has 0 spiro atoms. The molecule has 2 rings (SSSR count). The van der Waals surface area contributed by atoms with Crippen LogP contribution >= 0.6 is 11.6 Å². The number of nitrogens with zero attached hydrogens (tertiary/aromatic N) is 1. The third kappa shape index (κ3) is 2.19. The zero-order valence-electron chi connectivity index (χ0n) is 8.27. The normalized spacial score (nSPS) is 12.7. The van der Waals surface area contributed by atoms with Crippen molar-refractivity contribution in [3.05, 3.63) is 41.4 Å². The van der Waals surface area contributed by atoms with Gasteiger partial charge in [0.1, 0.15) is 0 Å². The van der Waals surface area contributed by atoms with Gasteiger partial charge in [0.05, 0.1) is 12.2 Å². The number of benzene rings is 1. The first kappa shape index (κ1) is 10.2. The van der Waals surface area contributed by atoms with Crippen molar-refractivity contribution in [2.45, 2.75) is 13.0 Å². The maximum atomic E-state index is 5.79. The molecule has 0 aliphatic heterocycles. The molecule has 0 amide bonds. The van der Waals surface area contributed by atoms with Crippen LogP contribution in [0.4, 0.5) is 0 Å². The van der Waals surface area contributed by atoms with Crippen LogP contribution in [0.25, 0.3) is 11.3 Å². The van der Waals surface area contributed by atoms with Crippen molar-refractivity contribution < 1.29 is 4.42 Å². The first-order valence-electron chi connectivity index (χ1n) is 4.64. The number of halogens is 1. The van der Waals surface area contributed by atoms with Gasteiger partial charge in [-0.2, -0.15) is 0 Å². The van der Waals surface area contributed by atoms with E-state index in [0.29, 0.717) is 16.7 Å². The van der Waals surface area contributed by atoms with E-state index in [-0.39, 0.29) is 6.04 Å². The zero-order valence-corrected chi connectivity index (χ0v) is 9.03. The van der Waals surface area contributed by atoms with Crippen molar-refractivity contribution in [2.75, 3.05) is 0 Å². The summed E-state index contributed by atoms with van der Waals surface area (Å²) in [4.78, 5) is 4.09. The molecule has 0 saturated carbocycles. The minimum absolute atomic E-state index is 0.189. The smallest absolute Gasteiger partial charge is 0.211 e. The van der Waals surface area contributed by atoms with Gasteiger partial charge in [0.2, 0.25) is 5.89 Å². The molecule has 15 heavy (non-hydrogen) atoms. The van der Waals surface area contributed by atoms with Crippen molar-refractivity contribution in [1.29, 1.82) is 0 Å². The van der Waals surface area contributed by atoms with Crippen LogP contribution in [-0.4, -0.2) is 4.98 Å². The van der Waals surface area contributed by atoms with Crippen LogP contribution in [0.1, 0.15) is 18.9 Å². The van der Waals surface area contributed by atoms with Crippen LogP contribution in [0.2, 0.25) is 5.02 Å². The van der Waals surface area contributed by atoms with E-state index in [1.165, 1.54) is 0 Å². The molecule has 1 atom stereocenters. The van der Waals surface area contributed by atoms with Crippen molar-refractivity contribution in [3.63, 3.8) is 0 Å². The number of hydrogen-bond donors (Lipinski definition) is 1. The van der Waals surface area contributed by atoms with E-state index in [0.717, 1.165) is 5.56 Å². The van der Waals surface area contributed by atoms with Gasteiger partial charge in [-0.25, -0.2) is 4.98 Å². The summed E-state index contributed by atoms with van der Waals surface area (Å²) in [5.74, 6) is 1.25. The summed E-state index contributed by atoms with van der Waals surface area (Å²) in [6, 6.07) is 7.20. The highest BCUT2D eigenvalue weighted by molar-refractivity contribution is 6.30. The SMILES string of the molecule is CC(N)c1ncc(-c2ccc(Cl)cc2)o1. The average Bonchev–Trinajstić information content (AvgIpc) is 2.68. The van der Waals surface area contributed by atoms with Crippen molar-refractivity contribution in [3.8, 4) is 11.3 Å². The van der Waals surface area contributed by atoms with Crippen molar-refractivity contribution in [2.24, 2.45) is 5.73 Å². The lowest BCUT2D eigenvalue weighted by Crippen LogP contribution is -2.04. The summed E-state index contributed by atoms with van der Waals surface area (Å²) in [7, 11) is 0. The van der Waals surface area contributed by atoms with E-state index in [1.54, 1.807) is 6.20 Å². The Morgan fingerprint density at radius 1 is 1.33 bits per heavy atom. The van der Waals surface area contributed by atoms with E-state index >= 15 is 0 Å². The Morgan fingerprint density at radius 3 is 2.53 bits per heavy atom. The molecule has 1 aromatic heterocycles. The molecule has 1 aromatic carbocycles. The van der Waals surface area contributed by atoms with Gasteiger partial charge in [0, 0.05) is 10.6 Å². The summed E-state index contributed by atoms with van der Waals surface area (Å²) in [5, 5.41) is 0.700. The summed E-state index contributed by atoms with van der Waals surface area (Å²) in [6.45, 7) is 1.83. The molecule has 0 saturated heterocycles. The minimum atomic E-state index is -0.189. The second kappa shape index (κ2) is 4.04. The van der Waals surface area contributed by atoms with Crippen LogP contribution < -0.4 is 5.73 Å². The van der Waals surface area contributed by atoms with Gasteiger partial charge in [-0.1, -0.05) is 11.6 Å². The molecule has 2 N–H and O–H groups in total. The molecule has 0 fully saturated rings. The number of hydrogen-bond acceptors (Lipinski definition) is 3. The Kier molecular flexibility index (Phi) is 2.75. The Labute approximate surface area is 92.9 Å². The molecule has 78 valence electrons. The third-order valence-electron chi connectivity index (χ3n) is 2.04. The quantitative estimate of drug-likeness (QED) is 0.850. The molecular formula is C11H11ClN2O. The van der Waals surface area contributed by atoms with Crippen molar-refractivity contribution >= 4 is 11.6 Å². The summed E-state index contributed by atoms with van der Waals surface area (Å²) in [5.41, 5.74) is 6.60. The number of nitrogens with two attached hydrogens (primary N) is 1. The lowest BCUT2D eigenvalue weighted by molar-refractivity contribution is 0.473. The maximum Gasteiger partial charge on any atom is 0.211 e. The van der Waals surface area contributed by atoms with Crippen LogP contribution in [0.3, 0.4) is 0 Å². The minimum Gasteiger partial charge on any atom is -0.439 e. The average molecular weight is 223 g/mol. The molecule has 0 aliphatic carbocycles. The highest BCUT2D eigenvalue weighted by Gasteiger charge is 2.09. The standard InChI is InChI=1S/C11H11ClN2O/c1-7(13)11-14-6-10(15-11)8-2-4-9(12)5-3-8/h2-7H,13H2,1H3. The predicted molar refractivity (Wildman–Crippen MR) is 59.6 cm³/mol. The van der Waals surface area contributed by atoms with Crippen LogP contribution in [0, 0.1) is 0 Å². The van der Waals surface area contributed by atoms with E-state index in [2.05, 4.69) is 4.98 Å². The molecule has 0 aliphatic rings. The summed E-state index contributed by atoms with van der Waals surface area (Å²) in [6.07, 6.45) is 1.67. The fourth-order valence-electron chi connectivity index (χ4n) is 1.25. The second-order valence-electron chi connectivity index (χ2n) is 3.36. The Hall–Kier alpha value is -1.32. The van der Waals surface area contributed by atoms with Gasteiger partial charge in [-0.05, 0) is 31.2 Å². The van der Waals surface area contributed by atoms with E-state index in [1.807, 2.05) is 31.2 Å². The molecule has 2 aromatic rings. The van der Waals surface area contributed by atoms with Gasteiger partial charge < -0.3 is 10.2 Å². The van der Waals surface area contributed by atoms with Crippen LogP contribution in [-0.2, 0) is 0 Å². The molecular weight excluding hydrogens is 212 g/mol. The van der Waals surface area contributed by atoms with Gasteiger partial charge in [0.25, 0.3) is 0 Å². The van der Waals surface area contributed by atoms with Crippen molar-refractivity contribution in [1.82, 2.24) is 4.98 Å². The fraction of sp³-hybridized carbons (Fsp3) is 0.182. The largest absolute Gasteiger partial charge is 0.439 e. The molecule has 4 heteroatoms. The van der Waals surface area contributed by atoms with E-state index in [9.17, 15) is 0 Å². The molecule has 1 unspecified atom stereocenters. The third-order valence-corrected chi connectivity index (χ3v) is 2.29. The topological polar surface area (TPSA) is 52.0 Å². The lowest BCUT2D eigenvalue weighted by Gasteiger charge is -1.98. The van der Waals surface area contributed by atoms with Gasteiger partial charge >= 0.3 is 0 Å². The fourth-order valence-corrected chi connectivity index (χ4v) is 1.37. The molecule has 0 radical (unpaired) electrons.